The Morgan fingerprint density at radius 1 is 1.17 bits per heavy atom. The highest BCUT2D eigenvalue weighted by Crippen LogP contribution is 2.42. The molecule has 2 atom stereocenters. The number of rotatable bonds is 3. The van der Waals surface area contributed by atoms with Gasteiger partial charge in [0, 0.05) is 24.6 Å². The summed E-state index contributed by atoms with van der Waals surface area (Å²) in [6.45, 7) is 1.31. The maximum absolute atomic E-state index is 13.7. The van der Waals surface area contributed by atoms with Gasteiger partial charge in [-0.1, -0.05) is 6.42 Å². The number of hydrogen-bond donors (Lipinski definition) is 3. The molecule has 2 aliphatic rings. The second-order valence-electron chi connectivity index (χ2n) is 7.06. The fourth-order valence-corrected chi connectivity index (χ4v) is 4.14. The molecular formula is C18H24FN3O2. The van der Waals surface area contributed by atoms with Crippen molar-refractivity contribution in [3.8, 4) is 0 Å². The van der Waals surface area contributed by atoms with E-state index < -0.39 is 5.82 Å². The number of carbonyl (C=O) groups excluding carboxylic acids is 2. The van der Waals surface area contributed by atoms with Gasteiger partial charge in [-0.2, -0.15) is 0 Å². The molecule has 2 unspecified atom stereocenters. The van der Waals surface area contributed by atoms with Crippen LogP contribution in [0.4, 0.5) is 15.8 Å². The zero-order valence-electron chi connectivity index (χ0n) is 13.8. The van der Waals surface area contributed by atoms with Crippen molar-refractivity contribution in [2.75, 3.05) is 10.6 Å². The van der Waals surface area contributed by atoms with E-state index in [2.05, 4.69) is 10.6 Å². The van der Waals surface area contributed by atoms with Crippen LogP contribution in [-0.2, 0) is 9.59 Å². The lowest BCUT2D eigenvalue weighted by Crippen LogP contribution is -2.48. The van der Waals surface area contributed by atoms with E-state index in [4.69, 9.17) is 5.73 Å². The number of benzene rings is 1. The monoisotopic (exact) mass is 333 g/mol. The first-order chi connectivity index (χ1) is 11.4. The molecular weight excluding hydrogens is 309 g/mol. The van der Waals surface area contributed by atoms with Gasteiger partial charge in [0.15, 0.2) is 0 Å². The van der Waals surface area contributed by atoms with E-state index in [0.717, 1.165) is 25.7 Å². The molecule has 130 valence electrons. The number of carbonyl (C=O) groups is 2. The minimum atomic E-state index is -0.527. The highest BCUT2D eigenvalue weighted by atomic mass is 19.1. The molecule has 0 spiro atoms. The SMILES string of the molecule is CC(=O)Nc1cc(NC(=O)C2CC3CCCC(C2)C3N)ccc1F. The number of nitrogens with two attached hydrogens (primary N) is 1. The standard InChI is InChI=1S/C18H24FN3O2/c1-10(23)21-16-9-14(5-6-15(16)19)22-18(24)13-7-11-3-2-4-12(8-13)17(11)20/h5-6,9,11-13,17H,2-4,7-8,20H2,1H3,(H,21,23)(H,22,24). The first-order valence-corrected chi connectivity index (χ1v) is 8.57. The quantitative estimate of drug-likeness (QED) is 0.795. The molecule has 4 N–H and O–H groups in total. The number of hydrogen-bond acceptors (Lipinski definition) is 3. The summed E-state index contributed by atoms with van der Waals surface area (Å²) in [5.41, 5.74) is 6.83. The van der Waals surface area contributed by atoms with E-state index in [0.29, 0.717) is 17.5 Å². The minimum absolute atomic E-state index is 0.0424. The summed E-state index contributed by atoms with van der Waals surface area (Å²) in [5.74, 6) is -0.116. The van der Waals surface area contributed by atoms with Gasteiger partial charge in [-0.15, -0.1) is 0 Å². The Balaban J connectivity index is 1.68. The topological polar surface area (TPSA) is 84.2 Å². The Labute approximate surface area is 141 Å². The lowest BCUT2D eigenvalue weighted by molar-refractivity contribution is -0.122. The number of halogens is 1. The number of anilines is 2. The molecule has 2 saturated carbocycles. The van der Waals surface area contributed by atoms with Gasteiger partial charge in [0.25, 0.3) is 0 Å². The average molecular weight is 333 g/mol. The van der Waals surface area contributed by atoms with Gasteiger partial charge in [0.1, 0.15) is 5.82 Å². The maximum Gasteiger partial charge on any atom is 0.227 e. The molecule has 2 amide bonds. The minimum Gasteiger partial charge on any atom is -0.327 e. The van der Waals surface area contributed by atoms with Gasteiger partial charge in [0.2, 0.25) is 11.8 Å². The summed E-state index contributed by atoms with van der Waals surface area (Å²) in [6, 6.07) is 4.42. The van der Waals surface area contributed by atoms with Crippen molar-refractivity contribution in [2.45, 2.75) is 45.1 Å². The van der Waals surface area contributed by atoms with Gasteiger partial charge in [-0.3, -0.25) is 9.59 Å². The predicted molar refractivity (Wildman–Crippen MR) is 90.9 cm³/mol. The third kappa shape index (κ3) is 3.59. The van der Waals surface area contributed by atoms with Crippen molar-refractivity contribution in [1.29, 1.82) is 0 Å². The molecule has 0 aliphatic heterocycles. The van der Waals surface area contributed by atoms with Gasteiger partial charge in [-0.05, 0) is 55.7 Å². The van der Waals surface area contributed by atoms with E-state index in [1.165, 1.54) is 31.5 Å². The Morgan fingerprint density at radius 2 is 1.83 bits per heavy atom. The van der Waals surface area contributed by atoms with Crippen molar-refractivity contribution >= 4 is 23.2 Å². The fraction of sp³-hybridized carbons (Fsp3) is 0.556. The summed E-state index contributed by atoms with van der Waals surface area (Å²) in [7, 11) is 0. The van der Waals surface area contributed by atoms with Crippen LogP contribution in [0.2, 0.25) is 0 Å². The fourth-order valence-electron chi connectivity index (χ4n) is 4.14. The molecule has 6 heteroatoms. The van der Waals surface area contributed by atoms with Gasteiger partial charge in [0.05, 0.1) is 5.69 Å². The maximum atomic E-state index is 13.7. The zero-order valence-corrected chi connectivity index (χ0v) is 13.8. The van der Waals surface area contributed by atoms with Crippen LogP contribution in [0.3, 0.4) is 0 Å². The van der Waals surface area contributed by atoms with Gasteiger partial charge >= 0.3 is 0 Å². The Bertz CT molecular complexity index is 635. The van der Waals surface area contributed by atoms with Crippen LogP contribution in [0, 0.1) is 23.6 Å². The summed E-state index contributed by atoms with van der Waals surface area (Å²) in [5, 5.41) is 5.28. The van der Waals surface area contributed by atoms with E-state index >= 15 is 0 Å². The Kier molecular flexibility index (Phi) is 4.85. The molecule has 1 aromatic rings. The van der Waals surface area contributed by atoms with Crippen molar-refractivity contribution in [3.05, 3.63) is 24.0 Å². The molecule has 2 aliphatic carbocycles. The second-order valence-corrected chi connectivity index (χ2v) is 7.06. The molecule has 0 aromatic heterocycles. The van der Waals surface area contributed by atoms with Crippen LogP contribution >= 0.6 is 0 Å². The van der Waals surface area contributed by atoms with Crippen LogP contribution in [-0.4, -0.2) is 17.9 Å². The van der Waals surface area contributed by atoms with Crippen molar-refractivity contribution < 1.29 is 14.0 Å². The highest BCUT2D eigenvalue weighted by molar-refractivity contribution is 5.94. The summed E-state index contributed by atoms with van der Waals surface area (Å²) in [4.78, 5) is 23.7. The van der Waals surface area contributed by atoms with Crippen LogP contribution in [0.1, 0.15) is 39.0 Å². The van der Waals surface area contributed by atoms with Gasteiger partial charge in [-0.25, -0.2) is 4.39 Å². The van der Waals surface area contributed by atoms with E-state index in [9.17, 15) is 14.0 Å². The van der Waals surface area contributed by atoms with Crippen molar-refractivity contribution in [3.63, 3.8) is 0 Å². The Hall–Kier alpha value is -1.95. The van der Waals surface area contributed by atoms with Crippen LogP contribution < -0.4 is 16.4 Å². The zero-order chi connectivity index (χ0) is 17.3. The van der Waals surface area contributed by atoms with Crippen LogP contribution in [0.5, 0.6) is 0 Å². The van der Waals surface area contributed by atoms with E-state index in [1.54, 1.807) is 0 Å². The van der Waals surface area contributed by atoms with Crippen LogP contribution in [0.25, 0.3) is 0 Å². The highest BCUT2D eigenvalue weighted by Gasteiger charge is 2.40. The largest absolute Gasteiger partial charge is 0.327 e. The molecule has 0 heterocycles. The number of fused-ring (bicyclic) bond motifs is 2. The number of nitrogens with one attached hydrogen (secondary N) is 2. The predicted octanol–water partition coefficient (Wildman–Crippen LogP) is 2.88. The van der Waals surface area contributed by atoms with E-state index in [1.807, 2.05) is 0 Å². The summed E-state index contributed by atoms with van der Waals surface area (Å²) >= 11 is 0. The third-order valence-corrected chi connectivity index (χ3v) is 5.33. The Morgan fingerprint density at radius 3 is 2.46 bits per heavy atom. The molecule has 24 heavy (non-hydrogen) atoms. The summed E-state index contributed by atoms with van der Waals surface area (Å²) < 4.78 is 13.7. The smallest absolute Gasteiger partial charge is 0.227 e. The lowest BCUT2D eigenvalue weighted by Gasteiger charge is -2.43. The first kappa shape index (κ1) is 16.9. The molecule has 1 aromatic carbocycles. The van der Waals surface area contributed by atoms with Crippen LogP contribution in [0.15, 0.2) is 18.2 Å². The lowest BCUT2D eigenvalue weighted by atomic mass is 9.65. The normalized spacial score (nSPS) is 29.0. The molecule has 0 saturated heterocycles. The van der Waals surface area contributed by atoms with E-state index in [-0.39, 0.29) is 29.5 Å². The average Bonchev–Trinajstić information content (AvgIpc) is 2.49. The molecule has 0 radical (unpaired) electrons. The van der Waals surface area contributed by atoms with Gasteiger partial charge < -0.3 is 16.4 Å². The van der Waals surface area contributed by atoms with Crippen molar-refractivity contribution in [2.24, 2.45) is 23.5 Å². The molecule has 3 rings (SSSR count). The van der Waals surface area contributed by atoms with Crippen molar-refractivity contribution in [1.82, 2.24) is 0 Å². The number of amides is 2. The molecule has 2 fully saturated rings. The second kappa shape index (κ2) is 6.89. The first-order valence-electron chi connectivity index (χ1n) is 8.57. The third-order valence-electron chi connectivity index (χ3n) is 5.33. The molecule has 2 bridgehead atoms. The molecule has 5 nitrogen and oxygen atoms in total. The summed E-state index contributed by atoms with van der Waals surface area (Å²) in [6.07, 6.45) is 5.05.